The standard InChI is InChI=1S/C11H8Cl2N4O4/c1-2-15-5-14-10(11(15)17(20)21)6-3-7(12)8(13)4-9(6)16(18)19/h3-5H,2H2,1H3. The Bertz CT molecular complexity index is 744. The third-order valence-electron chi connectivity index (χ3n) is 2.81. The average Bonchev–Trinajstić information content (AvgIpc) is 2.84. The Labute approximate surface area is 128 Å². The lowest BCUT2D eigenvalue weighted by atomic mass is 10.1. The van der Waals surface area contributed by atoms with Gasteiger partial charge in [0.2, 0.25) is 0 Å². The number of hydrogen-bond donors (Lipinski definition) is 0. The maximum atomic E-state index is 11.2. The fraction of sp³-hybridized carbons (Fsp3) is 0.182. The maximum Gasteiger partial charge on any atom is 0.350 e. The minimum atomic E-state index is -0.688. The molecule has 1 aromatic carbocycles. The van der Waals surface area contributed by atoms with Crippen LogP contribution < -0.4 is 0 Å². The molecule has 0 amide bonds. The topological polar surface area (TPSA) is 104 Å². The summed E-state index contributed by atoms with van der Waals surface area (Å²) >= 11 is 11.6. The van der Waals surface area contributed by atoms with E-state index in [1.807, 2.05) is 0 Å². The number of nitro benzene ring substituents is 1. The molecule has 0 fully saturated rings. The number of aromatic nitrogens is 2. The average molecular weight is 331 g/mol. The number of hydrogen-bond acceptors (Lipinski definition) is 5. The second-order valence-corrected chi connectivity index (χ2v) is 4.81. The zero-order chi connectivity index (χ0) is 15.7. The van der Waals surface area contributed by atoms with Crippen LogP contribution in [0.1, 0.15) is 6.92 Å². The van der Waals surface area contributed by atoms with Crippen molar-refractivity contribution in [3.05, 3.63) is 48.7 Å². The van der Waals surface area contributed by atoms with Crippen LogP contribution in [0.4, 0.5) is 11.5 Å². The normalized spacial score (nSPS) is 10.6. The van der Waals surface area contributed by atoms with E-state index < -0.39 is 15.5 Å². The van der Waals surface area contributed by atoms with Gasteiger partial charge in [-0.1, -0.05) is 23.2 Å². The monoisotopic (exact) mass is 330 g/mol. The van der Waals surface area contributed by atoms with Crippen LogP contribution in [0.15, 0.2) is 18.5 Å². The van der Waals surface area contributed by atoms with Crippen molar-refractivity contribution in [1.82, 2.24) is 9.55 Å². The lowest BCUT2D eigenvalue weighted by molar-refractivity contribution is -0.392. The van der Waals surface area contributed by atoms with Crippen LogP contribution in [-0.2, 0) is 6.54 Å². The van der Waals surface area contributed by atoms with E-state index in [0.29, 0.717) is 6.54 Å². The number of nitro groups is 2. The Morgan fingerprint density at radius 2 is 1.81 bits per heavy atom. The van der Waals surface area contributed by atoms with Crippen molar-refractivity contribution in [2.75, 3.05) is 0 Å². The summed E-state index contributed by atoms with van der Waals surface area (Å²) < 4.78 is 1.28. The van der Waals surface area contributed by atoms with E-state index in [0.717, 1.165) is 6.07 Å². The van der Waals surface area contributed by atoms with Crippen LogP contribution in [0.3, 0.4) is 0 Å². The molecule has 0 saturated heterocycles. The molecular weight excluding hydrogens is 323 g/mol. The molecule has 0 saturated carbocycles. The molecule has 21 heavy (non-hydrogen) atoms. The first-order chi connectivity index (χ1) is 9.86. The molecule has 0 N–H and O–H groups in total. The molecule has 1 heterocycles. The van der Waals surface area contributed by atoms with Gasteiger partial charge in [0.25, 0.3) is 5.69 Å². The van der Waals surface area contributed by atoms with E-state index in [4.69, 9.17) is 23.2 Å². The molecule has 0 radical (unpaired) electrons. The van der Waals surface area contributed by atoms with Crippen LogP contribution in [0.25, 0.3) is 11.3 Å². The van der Waals surface area contributed by atoms with Gasteiger partial charge in [0.05, 0.1) is 27.1 Å². The van der Waals surface area contributed by atoms with Crippen LogP contribution >= 0.6 is 23.2 Å². The summed E-state index contributed by atoms with van der Waals surface area (Å²) in [4.78, 5) is 24.9. The quantitative estimate of drug-likeness (QED) is 0.627. The van der Waals surface area contributed by atoms with Crippen molar-refractivity contribution in [3.63, 3.8) is 0 Å². The Kier molecular flexibility index (Phi) is 4.10. The molecule has 110 valence electrons. The van der Waals surface area contributed by atoms with Crippen LogP contribution in [-0.4, -0.2) is 19.4 Å². The number of aryl methyl sites for hydroxylation is 1. The van der Waals surface area contributed by atoms with Crippen molar-refractivity contribution in [3.8, 4) is 11.3 Å². The summed E-state index contributed by atoms with van der Waals surface area (Å²) in [5.41, 5.74) is -0.561. The first-order valence-corrected chi connectivity index (χ1v) is 6.45. The molecule has 0 aliphatic rings. The van der Waals surface area contributed by atoms with Crippen LogP contribution in [0.5, 0.6) is 0 Å². The lowest BCUT2D eigenvalue weighted by Gasteiger charge is -2.04. The number of imidazole rings is 1. The van der Waals surface area contributed by atoms with Gasteiger partial charge in [0.15, 0.2) is 12.0 Å². The van der Waals surface area contributed by atoms with Crippen molar-refractivity contribution >= 4 is 34.7 Å². The lowest BCUT2D eigenvalue weighted by Crippen LogP contribution is -2.01. The van der Waals surface area contributed by atoms with Gasteiger partial charge in [-0.15, -0.1) is 0 Å². The predicted octanol–water partition coefficient (Wildman–Crippen LogP) is 3.69. The van der Waals surface area contributed by atoms with E-state index in [2.05, 4.69) is 4.98 Å². The van der Waals surface area contributed by atoms with Crippen molar-refractivity contribution in [1.29, 1.82) is 0 Å². The highest BCUT2D eigenvalue weighted by molar-refractivity contribution is 6.42. The Balaban J connectivity index is 2.78. The number of benzene rings is 1. The molecule has 8 nitrogen and oxygen atoms in total. The van der Waals surface area contributed by atoms with E-state index in [1.54, 1.807) is 6.92 Å². The molecule has 2 aromatic rings. The Morgan fingerprint density at radius 3 is 2.33 bits per heavy atom. The van der Waals surface area contributed by atoms with Crippen molar-refractivity contribution < 1.29 is 9.85 Å². The second-order valence-electron chi connectivity index (χ2n) is 4.00. The number of halogens is 2. The summed E-state index contributed by atoms with van der Waals surface area (Å²) in [5.74, 6) is -0.334. The molecule has 0 atom stereocenters. The smallest absolute Gasteiger partial charge is 0.350 e. The minimum absolute atomic E-state index is 0.00954. The molecule has 0 bridgehead atoms. The maximum absolute atomic E-state index is 11.2. The summed E-state index contributed by atoms with van der Waals surface area (Å²) in [6.45, 7) is 2.00. The fourth-order valence-corrected chi connectivity index (χ4v) is 2.19. The van der Waals surface area contributed by atoms with Gasteiger partial charge in [-0.05, 0) is 17.9 Å². The highest BCUT2D eigenvalue weighted by atomic mass is 35.5. The molecular formula is C11H8Cl2N4O4. The van der Waals surface area contributed by atoms with Gasteiger partial charge in [-0.2, -0.15) is 0 Å². The van der Waals surface area contributed by atoms with E-state index in [1.165, 1.54) is 17.0 Å². The fourth-order valence-electron chi connectivity index (χ4n) is 1.87. The Hall–Kier alpha value is -2.19. The van der Waals surface area contributed by atoms with Gasteiger partial charge in [0.1, 0.15) is 0 Å². The van der Waals surface area contributed by atoms with E-state index >= 15 is 0 Å². The highest BCUT2D eigenvalue weighted by Crippen LogP contribution is 2.39. The SMILES string of the molecule is CCn1cnc(-c2cc(Cl)c(Cl)cc2[N+](=O)[O-])c1[N+](=O)[O-]. The van der Waals surface area contributed by atoms with E-state index in [-0.39, 0.29) is 27.1 Å². The Morgan fingerprint density at radius 1 is 1.19 bits per heavy atom. The van der Waals surface area contributed by atoms with E-state index in [9.17, 15) is 20.2 Å². The van der Waals surface area contributed by atoms with Gasteiger partial charge in [-0.3, -0.25) is 10.1 Å². The molecule has 0 aliphatic heterocycles. The molecule has 0 unspecified atom stereocenters. The zero-order valence-corrected chi connectivity index (χ0v) is 12.1. The molecule has 0 spiro atoms. The molecule has 1 aromatic heterocycles. The van der Waals surface area contributed by atoms with Crippen LogP contribution in [0.2, 0.25) is 10.0 Å². The third-order valence-corrected chi connectivity index (χ3v) is 3.54. The summed E-state index contributed by atoms with van der Waals surface area (Å²) in [6, 6.07) is 2.26. The predicted molar refractivity (Wildman–Crippen MR) is 76.7 cm³/mol. The zero-order valence-electron chi connectivity index (χ0n) is 10.6. The molecule has 10 heteroatoms. The van der Waals surface area contributed by atoms with Gasteiger partial charge >= 0.3 is 5.82 Å². The largest absolute Gasteiger partial charge is 0.358 e. The van der Waals surface area contributed by atoms with Crippen molar-refractivity contribution in [2.45, 2.75) is 13.5 Å². The third kappa shape index (κ3) is 2.67. The number of rotatable bonds is 4. The van der Waals surface area contributed by atoms with Gasteiger partial charge in [-0.25, -0.2) is 9.55 Å². The summed E-state index contributed by atoms with van der Waals surface area (Å²) in [5, 5.41) is 22.3. The van der Waals surface area contributed by atoms with Gasteiger partial charge < -0.3 is 10.1 Å². The molecule has 2 rings (SSSR count). The van der Waals surface area contributed by atoms with Gasteiger partial charge in [0, 0.05) is 6.07 Å². The first kappa shape index (κ1) is 15.2. The minimum Gasteiger partial charge on any atom is -0.358 e. The molecule has 0 aliphatic carbocycles. The van der Waals surface area contributed by atoms with Crippen molar-refractivity contribution in [2.24, 2.45) is 0 Å². The van der Waals surface area contributed by atoms with Crippen LogP contribution in [0, 0.1) is 20.2 Å². The summed E-state index contributed by atoms with van der Waals surface area (Å²) in [6.07, 6.45) is 1.25. The summed E-state index contributed by atoms with van der Waals surface area (Å²) in [7, 11) is 0. The first-order valence-electron chi connectivity index (χ1n) is 5.70. The second kappa shape index (κ2) is 5.66. The number of nitrogens with zero attached hydrogens (tertiary/aromatic N) is 4. The highest BCUT2D eigenvalue weighted by Gasteiger charge is 2.29.